The Balaban J connectivity index is 2.48. The first-order valence-electron chi connectivity index (χ1n) is 3.62. The highest BCUT2D eigenvalue weighted by Gasteiger charge is 2.00. The largest absolute Gasteiger partial charge is 0.264 e. The van der Waals surface area contributed by atoms with Crippen molar-refractivity contribution in [3.63, 3.8) is 0 Å². The Labute approximate surface area is 79.6 Å². The van der Waals surface area contributed by atoms with Crippen molar-refractivity contribution in [2.24, 2.45) is 0 Å². The summed E-state index contributed by atoms with van der Waals surface area (Å²) in [5.74, 6) is 0. The molecule has 2 heterocycles. The molecule has 64 valence electrons. The molecule has 0 atom stereocenters. The molecule has 2 aromatic rings. The van der Waals surface area contributed by atoms with E-state index in [1.54, 1.807) is 18.6 Å². The van der Waals surface area contributed by atoms with Crippen LogP contribution in [0.4, 0.5) is 0 Å². The number of halogens is 1. The van der Waals surface area contributed by atoms with Gasteiger partial charge in [-0.05, 0) is 23.7 Å². The minimum atomic E-state index is 0.140. The lowest BCUT2D eigenvalue weighted by atomic mass is 10.2. The van der Waals surface area contributed by atoms with Gasteiger partial charge in [-0.3, -0.25) is 4.98 Å². The van der Waals surface area contributed by atoms with Gasteiger partial charge < -0.3 is 0 Å². The maximum Gasteiger partial charge on any atom is 0.243 e. The number of pyridine rings is 1. The average molecular weight is 193 g/mol. The molecule has 0 amide bonds. The number of aromatic nitrogens is 4. The molecule has 0 aliphatic heterocycles. The first kappa shape index (κ1) is 8.07. The van der Waals surface area contributed by atoms with Crippen molar-refractivity contribution in [1.82, 2.24) is 20.2 Å². The van der Waals surface area contributed by atoms with Gasteiger partial charge in [0.15, 0.2) is 0 Å². The van der Waals surface area contributed by atoms with Crippen LogP contribution in [0.1, 0.15) is 0 Å². The third kappa shape index (κ3) is 1.78. The van der Waals surface area contributed by atoms with Crippen LogP contribution in [-0.2, 0) is 0 Å². The number of hydrogen-bond donors (Lipinski definition) is 0. The summed E-state index contributed by atoms with van der Waals surface area (Å²) in [7, 11) is 0. The summed E-state index contributed by atoms with van der Waals surface area (Å²) in [6.07, 6.45) is 4.93. The fourth-order valence-electron chi connectivity index (χ4n) is 0.935. The Hall–Kier alpha value is -1.55. The molecular weight excluding hydrogens is 188 g/mol. The summed E-state index contributed by atoms with van der Waals surface area (Å²) in [4.78, 5) is 7.95. The van der Waals surface area contributed by atoms with E-state index in [1.165, 1.54) is 0 Å². The monoisotopic (exact) mass is 192 g/mol. The van der Waals surface area contributed by atoms with Crippen LogP contribution in [0.3, 0.4) is 0 Å². The summed E-state index contributed by atoms with van der Waals surface area (Å²) in [6.45, 7) is 0. The van der Waals surface area contributed by atoms with E-state index < -0.39 is 0 Å². The SMILES string of the molecule is Clc1nncc(-c2cccnc2)n1. The highest BCUT2D eigenvalue weighted by molar-refractivity contribution is 6.28. The lowest BCUT2D eigenvalue weighted by molar-refractivity contribution is 0.974. The van der Waals surface area contributed by atoms with E-state index >= 15 is 0 Å². The molecule has 0 aliphatic rings. The first-order chi connectivity index (χ1) is 6.36. The van der Waals surface area contributed by atoms with Gasteiger partial charge in [-0.2, -0.15) is 5.10 Å². The van der Waals surface area contributed by atoms with Gasteiger partial charge in [-0.1, -0.05) is 0 Å². The number of nitrogens with zero attached hydrogens (tertiary/aromatic N) is 4. The predicted octanol–water partition coefficient (Wildman–Crippen LogP) is 1.59. The maximum absolute atomic E-state index is 5.59. The summed E-state index contributed by atoms with van der Waals surface area (Å²) in [6, 6.07) is 3.71. The molecule has 0 saturated heterocycles. The standard InChI is InChI=1S/C8H5ClN4/c9-8-12-7(5-11-13-8)6-2-1-3-10-4-6/h1-5H. The smallest absolute Gasteiger partial charge is 0.243 e. The first-order valence-corrected chi connectivity index (χ1v) is 4.00. The van der Waals surface area contributed by atoms with E-state index in [4.69, 9.17) is 11.6 Å². The van der Waals surface area contributed by atoms with Gasteiger partial charge in [-0.25, -0.2) is 4.98 Å². The molecular formula is C8H5ClN4. The molecule has 0 saturated carbocycles. The fraction of sp³-hybridized carbons (Fsp3) is 0. The van der Waals surface area contributed by atoms with E-state index in [2.05, 4.69) is 20.2 Å². The molecule has 13 heavy (non-hydrogen) atoms. The summed E-state index contributed by atoms with van der Waals surface area (Å²) < 4.78 is 0. The highest BCUT2D eigenvalue weighted by atomic mass is 35.5. The Bertz CT molecular complexity index is 404. The maximum atomic E-state index is 5.59. The van der Waals surface area contributed by atoms with Gasteiger partial charge >= 0.3 is 0 Å². The molecule has 0 spiro atoms. The lowest BCUT2D eigenvalue weighted by Crippen LogP contribution is -1.90. The van der Waals surface area contributed by atoms with Gasteiger partial charge in [0.1, 0.15) is 0 Å². The zero-order valence-corrected chi connectivity index (χ0v) is 7.31. The van der Waals surface area contributed by atoms with Crippen molar-refractivity contribution in [1.29, 1.82) is 0 Å². The molecule has 2 aromatic heterocycles. The third-order valence-electron chi connectivity index (χ3n) is 1.49. The fourth-order valence-corrected chi connectivity index (χ4v) is 1.07. The van der Waals surface area contributed by atoms with Crippen molar-refractivity contribution in [2.45, 2.75) is 0 Å². The second-order valence-electron chi connectivity index (χ2n) is 2.35. The molecule has 0 aromatic carbocycles. The van der Waals surface area contributed by atoms with E-state index in [-0.39, 0.29) is 5.28 Å². The zero-order chi connectivity index (χ0) is 9.10. The van der Waals surface area contributed by atoms with Crippen LogP contribution in [-0.4, -0.2) is 20.2 Å². The zero-order valence-electron chi connectivity index (χ0n) is 6.55. The highest BCUT2D eigenvalue weighted by Crippen LogP contribution is 2.14. The van der Waals surface area contributed by atoms with Crippen molar-refractivity contribution in [3.8, 4) is 11.3 Å². The van der Waals surface area contributed by atoms with Crippen molar-refractivity contribution in [3.05, 3.63) is 36.0 Å². The predicted molar refractivity (Wildman–Crippen MR) is 48.1 cm³/mol. The van der Waals surface area contributed by atoms with Crippen LogP contribution >= 0.6 is 11.6 Å². The lowest BCUT2D eigenvalue weighted by Gasteiger charge is -1.97. The molecule has 0 N–H and O–H groups in total. The number of hydrogen-bond acceptors (Lipinski definition) is 4. The molecule has 0 unspecified atom stereocenters. The van der Waals surface area contributed by atoms with E-state index in [9.17, 15) is 0 Å². The summed E-state index contributed by atoms with van der Waals surface area (Å²) in [5, 5.41) is 7.38. The Kier molecular flexibility index (Phi) is 2.14. The molecule has 0 bridgehead atoms. The van der Waals surface area contributed by atoms with E-state index in [1.807, 2.05) is 12.1 Å². The van der Waals surface area contributed by atoms with Crippen molar-refractivity contribution >= 4 is 11.6 Å². The minimum Gasteiger partial charge on any atom is -0.264 e. The van der Waals surface area contributed by atoms with Gasteiger partial charge in [0.2, 0.25) is 5.28 Å². The molecule has 0 aliphatic carbocycles. The quantitative estimate of drug-likeness (QED) is 0.689. The van der Waals surface area contributed by atoms with Crippen molar-refractivity contribution in [2.75, 3.05) is 0 Å². The topological polar surface area (TPSA) is 51.6 Å². The van der Waals surface area contributed by atoms with Crippen LogP contribution in [0.2, 0.25) is 5.28 Å². The molecule has 2 rings (SSSR count). The third-order valence-corrected chi connectivity index (χ3v) is 1.65. The Morgan fingerprint density at radius 3 is 2.85 bits per heavy atom. The normalized spacial score (nSPS) is 9.92. The van der Waals surface area contributed by atoms with Crippen LogP contribution in [0, 0.1) is 0 Å². The van der Waals surface area contributed by atoms with Gasteiger partial charge in [0.05, 0.1) is 11.9 Å². The molecule has 4 nitrogen and oxygen atoms in total. The van der Waals surface area contributed by atoms with Gasteiger partial charge in [0, 0.05) is 18.0 Å². The summed E-state index contributed by atoms with van der Waals surface area (Å²) >= 11 is 5.59. The number of rotatable bonds is 1. The molecule has 0 radical (unpaired) electrons. The molecule has 0 fully saturated rings. The van der Waals surface area contributed by atoms with Crippen LogP contribution in [0.15, 0.2) is 30.7 Å². The molecule has 5 heteroatoms. The van der Waals surface area contributed by atoms with E-state index in [0.717, 1.165) is 5.56 Å². The Morgan fingerprint density at radius 2 is 2.15 bits per heavy atom. The Morgan fingerprint density at radius 1 is 1.23 bits per heavy atom. The van der Waals surface area contributed by atoms with E-state index in [0.29, 0.717) is 5.69 Å². The van der Waals surface area contributed by atoms with Crippen molar-refractivity contribution < 1.29 is 0 Å². The van der Waals surface area contributed by atoms with Crippen LogP contribution < -0.4 is 0 Å². The van der Waals surface area contributed by atoms with Crippen LogP contribution in [0.5, 0.6) is 0 Å². The minimum absolute atomic E-state index is 0.140. The van der Waals surface area contributed by atoms with Crippen LogP contribution in [0.25, 0.3) is 11.3 Å². The van der Waals surface area contributed by atoms with Gasteiger partial charge in [0.25, 0.3) is 0 Å². The second-order valence-corrected chi connectivity index (χ2v) is 2.69. The second kappa shape index (κ2) is 3.45. The summed E-state index contributed by atoms with van der Waals surface area (Å²) in [5.41, 5.74) is 1.55. The average Bonchev–Trinajstić information content (AvgIpc) is 2.19. The van der Waals surface area contributed by atoms with Gasteiger partial charge in [-0.15, -0.1) is 5.10 Å².